The van der Waals surface area contributed by atoms with Gasteiger partial charge in [0.05, 0.1) is 0 Å². The van der Waals surface area contributed by atoms with Gasteiger partial charge in [0.25, 0.3) is 5.56 Å². The molecule has 0 spiro atoms. The molecule has 0 aliphatic heterocycles. The summed E-state index contributed by atoms with van der Waals surface area (Å²) in [6, 6.07) is 12.5. The van der Waals surface area contributed by atoms with Crippen molar-refractivity contribution in [1.82, 2.24) is 4.57 Å². The van der Waals surface area contributed by atoms with E-state index in [2.05, 4.69) is 31.2 Å². The SMILES string of the molecule is Cc1ccc(CCCc2cccn(C)c2=O)cc1. The molecule has 0 N–H and O–H groups in total. The van der Waals surface area contributed by atoms with Crippen LogP contribution in [-0.2, 0) is 19.9 Å². The highest BCUT2D eigenvalue weighted by atomic mass is 16.1. The monoisotopic (exact) mass is 241 g/mol. The Morgan fingerprint density at radius 3 is 2.50 bits per heavy atom. The van der Waals surface area contributed by atoms with Gasteiger partial charge in [-0.15, -0.1) is 0 Å². The zero-order chi connectivity index (χ0) is 13.0. The second-order valence-corrected chi connectivity index (χ2v) is 4.79. The highest BCUT2D eigenvalue weighted by Crippen LogP contribution is 2.07. The maximum absolute atomic E-state index is 11.8. The maximum atomic E-state index is 11.8. The van der Waals surface area contributed by atoms with Crippen molar-refractivity contribution in [3.8, 4) is 0 Å². The molecule has 0 fully saturated rings. The number of pyridine rings is 1. The molecule has 0 unspecified atom stereocenters. The first-order chi connectivity index (χ1) is 8.66. The molecule has 1 aromatic heterocycles. The number of rotatable bonds is 4. The second kappa shape index (κ2) is 5.67. The van der Waals surface area contributed by atoms with Crippen LogP contribution < -0.4 is 5.56 Å². The van der Waals surface area contributed by atoms with E-state index < -0.39 is 0 Å². The summed E-state index contributed by atoms with van der Waals surface area (Å²) >= 11 is 0. The van der Waals surface area contributed by atoms with Crippen molar-refractivity contribution >= 4 is 0 Å². The van der Waals surface area contributed by atoms with Gasteiger partial charge in [-0.25, -0.2) is 0 Å². The minimum absolute atomic E-state index is 0.126. The van der Waals surface area contributed by atoms with Crippen molar-refractivity contribution in [2.24, 2.45) is 7.05 Å². The molecule has 0 saturated heterocycles. The molecule has 2 aromatic rings. The predicted molar refractivity (Wildman–Crippen MR) is 74.9 cm³/mol. The average molecular weight is 241 g/mol. The molecule has 2 nitrogen and oxygen atoms in total. The van der Waals surface area contributed by atoms with E-state index in [1.54, 1.807) is 17.8 Å². The van der Waals surface area contributed by atoms with Crippen LogP contribution in [0.15, 0.2) is 47.4 Å². The minimum Gasteiger partial charge on any atom is -0.318 e. The van der Waals surface area contributed by atoms with Crippen LogP contribution >= 0.6 is 0 Å². The van der Waals surface area contributed by atoms with Gasteiger partial charge < -0.3 is 4.57 Å². The van der Waals surface area contributed by atoms with Crippen molar-refractivity contribution in [3.05, 3.63) is 69.6 Å². The van der Waals surface area contributed by atoms with Gasteiger partial charge in [0.1, 0.15) is 0 Å². The highest BCUT2D eigenvalue weighted by Gasteiger charge is 2.01. The summed E-state index contributed by atoms with van der Waals surface area (Å²) in [4.78, 5) is 11.8. The average Bonchev–Trinajstić information content (AvgIpc) is 2.37. The molecule has 0 radical (unpaired) electrons. The molecule has 1 heterocycles. The standard InChI is InChI=1S/C16H19NO/c1-13-8-10-14(11-9-13)5-3-6-15-7-4-12-17(2)16(15)18/h4,7-12H,3,5-6H2,1-2H3. The largest absolute Gasteiger partial charge is 0.318 e. The molecule has 0 atom stereocenters. The van der Waals surface area contributed by atoms with E-state index in [1.807, 2.05) is 12.1 Å². The summed E-state index contributed by atoms with van der Waals surface area (Å²) in [5, 5.41) is 0. The van der Waals surface area contributed by atoms with E-state index in [0.29, 0.717) is 0 Å². The molecule has 1 aromatic carbocycles. The van der Waals surface area contributed by atoms with E-state index in [1.165, 1.54) is 11.1 Å². The van der Waals surface area contributed by atoms with Gasteiger partial charge in [-0.1, -0.05) is 35.9 Å². The lowest BCUT2D eigenvalue weighted by molar-refractivity contribution is 0.776. The molecule has 2 heteroatoms. The Morgan fingerprint density at radius 2 is 1.78 bits per heavy atom. The third-order valence-electron chi connectivity index (χ3n) is 3.23. The fourth-order valence-electron chi connectivity index (χ4n) is 2.08. The lowest BCUT2D eigenvalue weighted by Gasteiger charge is -2.04. The van der Waals surface area contributed by atoms with Crippen molar-refractivity contribution < 1.29 is 0 Å². The van der Waals surface area contributed by atoms with Crippen molar-refractivity contribution in [2.75, 3.05) is 0 Å². The molecule has 0 aliphatic carbocycles. The Hall–Kier alpha value is -1.83. The Kier molecular flexibility index (Phi) is 3.98. The van der Waals surface area contributed by atoms with Gasteiger partial charge in [-0.05, 0) is 37.8 Å². The summed E-state index contributed by atoms with van der Waals surface area (Å²) in [5.74, 6) is 0. The zero-order valence-corrected chi connectivity index (χ0v) is 11.0. The molecule has 0 amide bonds. The van der Waals surface area contributed by atoms with Gasteiger partial charge in [0, 0.05) is 18.8 Å². The maximum Gasteiger partial charge on any atom is 0.253 e. The summed E-state index contributed by atoms with van der Waals surface area (Å²) in [5.41, 5.74) is 3.66. The lowest BCUT2D eigenvalue weighted by atomic mass is 10.0. The molecule has 0 aliphatic rings. The van der Waals surface area contributed by atoms with Crippen LogP contribution in [0.4, 0.5) is 0 Å². The second-order valence-electron chi connectivity index (χ2n) is 4.79. The number of hydrogen-bond acceptors (Lipinski definition) is 1. The summed E-state index contributed by atoms with van der Waals surface area (Å²) < 4.78 is 1.64. The quantitative estimate of drug-likeness (QED) is 0.806. The van der Waals surface area contributed by atoms with Crippen molar-refractivity contribution in [3.63, 3.8) is 0 Å². The Balaban J connectivity index is 1.94. The predicted octanol–water partition coefficient (Wildman–Crippen LogP) is 2.87. The topological polar surface area (TPSA) is 22.0 Å². The number of aromatic nitrogens is 1. The number of nitrogens with zero attached hydrogens (tertiary/aromatic N) is 1. The molecular weight excluding hydrogens is 222 g/mol. The normalized spacial score (nSPS) is 10.6. The lowest BCUT2D eigenvalue weighted by Crippen LogP contribution is -2.19. The third-order valence-corrected chi connectivity index (χ3v) is 3.23. The highest BCUT2D eigenvalue weighted by molar-refractivity contribution is 5.21. The van der Waals surface area contributed by atoms with Crippen LogP contribution in [-0.4, -0.2) is 4.57 Å². The van der Waals surface area contributed by atoms with Crippen LogP contribution in [0.3, 0.4) is 0 Å². The summed E-state index contributed by atoms with van der Waals surface area (Å²) in [6.07, 6.45) is 4.69. The van der Waals surface area contributed by atoms with Crippen LogP contribution in [0.5, 0.6) is 0 Å². The third kappa shape index (κ3) is 3.10. The van der Waals surface area contributed by atoms with Crippen LogP contribution in [0.2, 0.25) is 0 Å². The fraction of sp³-hybridized carbons (Fsp3) is 0.312. The van der Waals surface area contributed by atoms with Gasteiger partial charge in [-0.2, -0.15) is 0 Å². The van der Waals surface area contributed by atoms with Gasteiger partial charge in [-0.3, -0.25) is 4.79 Å². The van der Waals surface area contributed by atoms with E-state index in [9.17, 15) is 4.79 Å². The Labute approximate surface area is 108 Å². The summed E-state index contributed by atoms with van der Waals surface area (Å²) in [7, 11) is 1.80. The Morgan fingerprint density at radius 1 is 1.06 bits per heavy atom. The van der Waals surface area contributed by atoms with E-state index in [4.69, 9.17) is 0 Å². The molecular formula is C16H19NO. The van der Waals surface area contributed by atoms with Crippen molar-refractivity contribution in [2.45, 2.75) is 26.2 Å². The number of aryl methyl sites for hydroxylation is 4. The van der Waals surface area contributed by atoms with E-state index in [-0.39, 0.29) is 5.56 Å². The fourth-order valence-corrected chi connectivity index (χ4v) is 2.08. The van der Waals surface area contributed by atoms with Crippen molar-refractivity contribution in [1.29, 1.82) is 0 Å². The van der Waals surface area contributed by atoms with E-state index in [0.717, 1.165) is 24.8 Å². The van der Waals surface area contributed by atoms with Gasteiger partial charge in [0.2, 0.25) is 0 Å². The smallest absolute Gasteiger partial charge is 0.253 e. The molecule has 2 rings (SSSR count). The first-order valence-electron chi connectivity index (χ1n) is 6.37. The molecule has 94 valence electrons. The Bertz CT molecular complexity index is 566. The number of hydrogen-bond donors (Lipinski definition) is 0. The van der Waals surface area contributed by atoms with Gasteiger partial charge >= 0.3 is 0 Å². The first-order valence-corrected chi connectivity index (χ1v) is 6.37. The van der Waals surface area contributed by atoms with Crippen LogP contribution in [0.1, 0.15) is 23.1 Å². The molecule has 0 bridgehead atoms. The van der Waals surface area contributed by atoms with Crippen LogP contribution in [0, 0.1) is 6.92 Å². The number of benzene rings is 1. The van der Waals surface area contributed by atoms with Crippen LogP contribution in [0.25, 0.3) is 0 Å². The zero-order valence-electron chi connectivity index (χ0n) is 11.0. The molecule has 0 saturated carbocycles. The van der Waals surface area contributed by atoms with Gasteiger partial charge in [0.15, 0.2) is 0 Å². The van der Waals surface area contributed by atoms with E-state index >= 15 is 0 Å². The molecule has 18 heavy (non-hydrogen) atoms. The minimum atomic E-state index is 0.126. The first kappa shape index (κ1) is 12.6. The summed E-state index contributed by atoms with van der Waals surface area (Å²) in [6.45, 7) is 2.09.